The monoisotopic (exact) mass is 185 g/mol. The molecule has 76 valence electrons. The van der Waals surface area contributed by atoms with Gasteiger partial charge in [-0.05, 0) is 32.6 Å². The summed E-state index contributed by atoms with van der Waals surface area (Å²) in [6, 6.07) is 0.566. The molecule has 0 aromatic rings. The molecule has 0 radical (unpaired) electrons. The van der Waals surface area contributed by atoms with E-state index in [-0.39, 0.29) is 6.54 Å². The first-order valence-corrected chi connectivity index (χ1v) is 5.28. The van der Waals surface area contributed by atoms with Gasteiger partial charge in [0.2, 0.25) is 0 Å². The van der Waals surface area contributed by atoms with Crippen LogP contribution in [0.5, 0.6) is 0 Å². The highest BCUT2D eigenvalue weighted by Gasteiger charge is 2.22. The lowest BCUT2D eigenvalue weighted by Crippen LogP contribution is -3.16. The van der Waals surface area contributed by atoms with Crippen molar-refractivity contribution in [3.8, 4) is 0 Å². The largest absolute Gasteiger partial charge is 0.544 e. The van der Waals surface area contributed by atoms with Crippen LogP contribution in [0.4, 0.5) is 0 Å². The Morgan fingerprint density at radius 1 is 1.38 bits per heavy atom. The maximum Gasteiger partial charge on any atom is 0.118 e. The molecule has 3 nitrogen and oxygen atoms in total. The van der Waals surface area contributed by atoms with Gasteiger partial charge in [-0.1, -0.05) is 6.42 Å². The summed E-state index contributed by atoms with van der Waals surface area (Å²) in [5, 5.41) is 10.5. The van der Waals surface area contributed by atoms with Crippen LogP contribution in [0.15, 0.2) is 0 Å². The predicted molar refractivity (Wildman–Crippen MR) is 48.3 cm³/mol. The topological polar surface area (TPSA) is 44.6 Å². The van der Waals surface area contributed by atoms with Crippen molar-refractivity contribution in [2.24, 2.45) is 0 Å². The summed E-state index contributed by atoms with van der Waals surface area (Å²) in [5.41, 5.74) is 0. The standard InChI is InChI=1S/C10H19NO2/c1-2-11(8-10(12)13)9-6-4-3-5-7-9/h9H,2-8H2,1H3,(H,12,13). The minimum absolute atomic E-state index is 0.182. The number of likely N-dealkylation sites (N-methyl/N-ethyl adjacent to an activating group) is 1. The van der Waals surface area contributed by atoms with E-state index in [1.807, 2.05) is 6.92 Å². The molecule has 1 aliphatic rings. The van der Waals surface area contributed by atoms with Crippen molar-refractivity contribution in [2.45, 2.75) is 45.1 Å². The number of aliphatic carboxylic acids is 1. The van der Waals surface area contributed by atoms with Crippen LogP contribution < -0.4 is 10.0 Å². The number of nitrogens with one attached hydrogen (secondary N) is 1. The van der Waals surface area contributed by atoms with Crippen molar-refractivity contribution < 1.29 is 14.8 Å². The van der Waals surface area contributed by atoms with Crippen molar-refractivity contribution in [1.29, 1.82) is 0 Å². The third-order valence-electron chi connectivity index (χ3n) is 3.01. The molecule has 0 bridgehead atoms. The van der Waals surface area contributed by atoms with Crippen LogP contribution in [0.1, 0.15) is 39.0 Å². The molecule has 1 atom stereocenters. The lowest BCUT2D eigenvalue weighted by atomic mass is 9.94. The van der Waals surface area contributed by atoms with Gasteiger partial charge in [-0.15, -0.1) is 0 Å². The minimum atomic E-state index is -0.914. The SMILES string of the molecule is CC[NH+](CC(=O)[O-])C1CCCCC1. The van der Waals surface area contributed by atoms with Crippen molar-refractivity contribution in [3.63, 3.8) is 0 Å². The molecule has 0 aliphatic heterocycles. The number of carboxylic acids is 1. The number of hydrogen-bond acceptors (Lipinski definition) is 2. The second-order valence-electron chi connectivity index (χ2n) is 3.90. The Bertz CT molecular complexity index is 164. The maximum atomic E-state index is 10.5. The van der Waals surface area contributed by atoms with Crippen LogP contribution in [0.3, 0.4) is 0 Å². The van der Waals surface area contributed by atoms with Gasteiger partial charge in [0.25, 0.3) is 0 Å². The van der Waals surface area contributed by atoms with Crippen LogP contribution in [-0.4, -0.2) is 25.1 Å². The Morgan fingerprint density at radius 2 is 2.00 bits per heavy atom. The summed E-state index contributed by atoms with van der Waals surface area (Å²) in [4.78, 5) is 11.7. The van der Waals surface area contributed by atoms with E-state index < -0.39 is 5.97 Å². The number of hydrogen-bond donors (Lipinski definition) is 1. The lowest BCUT2D eigenvalue weighted by Gasteiger charge is -2.30. The molecule has 1 saturated carbocycles. The molecule has 0 aromatic carbocycles. The number of rotatable bonds is 4. The first kappa shape index (κ1) is 10.5. The van der Waals surface area contributed by atoms with Crippen LogP contribution in [0, 0.1) is 0 Å². The summed E-state index contributed by atoms with van der Waals surface area (Å²) in [5.74, 6) is -0.914. The highest BCUT2D eigenvalue weighted by Crippen LogP contribution is 2.15. The van der Waals surface area contributed by atoms with Gasteiger partial charge in [0.05, 0.1) is 18.6 Å². The summed E-state index contributed by atoms with van der Waals surface area (Å²) in [6.07, 6.45) is 6.23. The Labute approximate surface area is 79.7 Å². The third kappa shape index (κ3) is 3.35. The van der Waals surface area contributed by atoms with E-state index in [1.165, 1.54) is 37.0 Å². The van der Waals surface area contributed by atoms with E-state index >= 15 is 0 Å². The quantitative estimate of drug-likeness (QED) is 0.609. The molecular formula is C10H19NO2. The minimum Gasteiger partial charge on any atom is -0.544 e. The second kappa shape index (κ2) is 5.22. The van der Waals surface area contributed by atoms with Crippen molar-refractivity contribution in [3.05, 3.63) is 0 Å². The molecule has 1 N–H and O–H groups in total. The van der Waals surface area contributed by atoms with Gasteiger partial charge >= 0.3 is 0 Å². The molecular weight excluding hydrogens is 166 g/mol. The van der Waals surface area contributed by atoms with Crippen LogP contribution in [0.2, 0.25) is 0 Å². The summed E-state index contributed by atoms with van der Waals surface area (Å²) in [7, 11) is 0. The average molecular weight is 185 g/mol. The van der Waals surface area contributed by atoms with E-state index in [4.69, 9.17) is 0 Å². The van der Waals surface area contributed by atoms with Gasteiger partial charge in [-0.25, -0.2) is 0 Å². The van der Waals surface area contributed by atoms with Gasteiger partial charge in [0.1, 0.15) is 6.54 Å². The number of carbonyl (C=O) groups is 1. The molecule has 1 aliphatic carbocycles. The van der Waals surface area contributed by atoms with E-state index in [1.54, 1.807) is 0 Å². The first-order chi connectivity index (χ1) is 6.24. The van der Waals surface area contributed by atoms with Crippen LogP contribution in [-0.2, 0) is 4.79 Å². The number of quaternary nitrogens is 1. The smallest absolute Gasteiger partial charge is 0.118 e. The van der Waals surface area contributed by atoms with Gasteiger partial charge in [-0.2, -0.15) is 0 Å². The number of carbonyl (C=O) groups excluding carboxylic acids is 1. The lowest BCUT2D eigenvalue weighted by molar-refractivity contribution is -0.919. The highest BCUT2D eigenvalue weighted by molar-refractivity contribution is 5.65. The third-order valence-corrected chi connectivity index (χ3v) is 3.01. The summed E-state index contributed by atoms with van der Waals surface area (Å²) < 4.78 is 0. The number of carboxylic acid groups (broad SMARTS) is 1. The van der Waals surface area contributed by atoms with Crippen LogP contribution in [0.25, 0.3) is 0 Å². The fraction of sp³-hybridized carbons (Fsp3) is 0.900. The summed E-state index contributed by atoms with van der Waals surface area (Å²) in [6.45, 7) is 3.13. The van der Waals surface area contributed by atoms with E-state index in [2.05, 4.69) is 0 Å². The summed E-state index contributed by atoms with van der Waals surface area (Å²) >= 11 is 0. The van der Waals surface area contributed by atoms with Gasteiger partial charge in [0.15, 0.2) is 0 Å². The first-order valence-electron chi connectivity index (χ1n) is 5.28. The average Bonchev–Trinajstić information content (AvgIpc) is 2.15. The van der Waals surface area contributed by atoms with E-state index in [0.29, 0.717) is 6.04 Å². The molecule has 13 heavy (non-hydrogen) atoms. The Balaban J connectivity index is 2.39. The van der Waals surface area contributed by atoms with E-state index in [9.17, 15) is 9.90 Å². The molecule has 0 saturated heterocycles. The second-order valence-corrected chi connectivity index (χ2v) is 3.90. The van der Waals surface area contributed by atoms with Crippen molar-refractivity contribution >= 4 is 5.97 Å². The Hall–Kier alpha value is -0.570. The molecule has 0 spiro atoms. The van der Waals surface area contributed by atoms with E-state index in [0.717, 1.165) is 6.54 Å². The zero-order chi connectivity index (χ0) is 9.68. The van der Waals surface area contributed by atoms with Gasteiger partial charge < -0.3 is 14.8 Å². The predicted octanol–water partition coefficient (Wildman–Crippen LogP) is -1.03. The van der Waals surface area contributed by atoms with Crippen molar-refractivity contribution in [2.75, 3.05) is 13.1 Å². The highest BCUT2D eigenvalue weighted by atomic mass is 16.4. The van der Waals surface area contributed by atoms with Gasteiger partial charge in [-0.3, -0.25) is 0 Å². The maximum absolute atomic E-state index is 10.5. The van der Waals surface area contributed by atoms with Crippen LogP contribution >= 0.6 is 0 Å². The Morgan fingerprint density at radius 3 is 2.46 bits per heavy atom. The molecule has 0 amide bonds. The molecule has 1 fully saturated rings. The fourth-order valence-corrected chi connectivity index (χ4v) is 2.25. The normalized spacial score (nSPS) is 21.3. The zero-order valence-corrected chi connectivity index (χ0v) is 8.34. The molecule has 0 aromatic heterocycles. The van der Waals surface area contributed by atoms with Gasteiger partial charge in [0, 0.05) is 0 Å². The molecule has 3 heteroatoms. The zero-order valence-electron chi connectivity index (χ0n) is 8.34. The molecule has 1 rings (SSSR count). The fourth-order valence-electron chi connectivity index (χ4n) is 2.25. The molecule has 0 heterocycles. The van der Waals surface area contributed by atoms with Crippen molar-refractivity contribution in [1.82, 2.24) is 0 Å². The molecule has 1 unspecified atom stereocenters. The Kier molecular flexibility index (Phi) is 4.22.